The Kier molecular flexibility index (Phi) is 3.75. The van der Waals surface area contributed by atoms with Gasteiger partial charge in [0.1, 0.15) is 11.5 Å². The molecule has 1 saturated carbocycles. The van der Waals surface area contributed by atoms with Gasteiger partial charge >= 0.3 is 0 Å². The molecule has 0 saturated heterocycles. The fourth-order valence-corrected chi connectivity index (χ4v) is 2.77. The molecule has 0 aromatic heterocycles. The maximum absolute atomic E-state index is 11.6. The number of hydrogen-bond donors (Lipinski definition) is 0. The number of amides is 1. The van der Waals surface area contributed by atoms with Crippen LogP contribution in [0.3, 0.4) is 0 Å². The smallest absolute Gasteiger partial charge is 0.292 e. The molecule has 0 heterocycles. The number of nitroso groups, excluding NO2 is 1. The van der Waals surface area contributed by atoms with Crippen molar-refractivity contribution in [2.45, 2.75) is 19.8 Å². The summed E-state index contributed by atoms with van der Waals surface area (Å²) in [7, 11) is 0. The van der Waals surface area contributed by atoms with Crippen molar-refractivity contribution in [2.24, 2.45) is 16.5 Å². The van der Waals surface area contributed by atoms with Crippen molar-refractivity contribution < 1.29 is 9.53 Å². The SMILES string of the molecule is CC1(C(=O)N=O)CC1Cc1ccccc1Oc1ccccc1. The van der Waals surface area contributed by atoms with Crippen LogP contribution >= 0.6 is 0 Å². The summed E-state index contributed by atoms with van der Waals surface area (Å²) in [5, 5.41) is 2.58. The van der Waals surface area contributed by atoms with Crippen molar-refractivity contribution in [3.05, 3.63) is 65.1 Å². The van der Waals surface area contributed by atoms with Crippen LogP contribution in [-0.4, -0.2) is 5.91 Å². The fourth-order valence-electron chi connectivity index (χ4n) is 2.77. The molecule has 2 unspecified atom stereocenters. The van der Waals surface area contributed by atoms with Crippen LogP contribution in [-0.2, 0) is 11.2 Å². The Hall–Kier alpha value is -2.49. The van der Waals surface area contributed by atoms with E-state index in [0.29, 0.717) is 12.8 Å². The van der Waals surface area contributed by atoms with E-state index in [1.807, 2.05) is 61.5 Å². The predicted octanol–water partition coefficient (Wildman–Crippen LogP) is 4.34. The van der Waals surface area contributed by atoms with Gasteiger partial charge in [0.25, 0.3) is 5.91 Å². The summed E-state index contributed by atoms with van der Waals surface area (Å²) in [6, 6.07) is 17.4. The molecular formula is C18H17NO3. The van der Waals surface area contributed by atoms with E-state index in [0.717, 1.165) is 17.1 Å². The highest BCUT2D eigenvalue weighted by Gasteiger charge is 2.56. The molecule has 1 amide bonds. The average molecular weight is 295 g/mol. The monoisotopic (exact) mass is 295 g/mol. The Balaban J connectivity index is 1.76. The van der Waals surface area contributed by atoms with E-state index >= 15 is 0 Å². The van der Waals surface area contributed by atoms with Crippen LogP contribution in [0.5, 0.6) is 11.5 Å². The van der Waals surface area contributed by atoms with E-state index in [-0.39, 0.29) is 5.92 Å². The summed E-state index contributed by atoms with van der Waals surface area (Å²) in [5.41, 5.74) is 0.445. The third kappa shape index (κ3) is 2.77. The molecule has 22 heavy (non-hydrogen) atoms. The Labute approximate surface area is 129 Å². The summed E-state index contributed by atoms with van der Waals surface area (Å²) in [4.78, 5) is 22.0. The summed E-state index contributed by atoms with van der Waals surface area (Å²) >= 11 is 0. The lowest BCUT2D eigenvalue weighted by Crippen LogP contribution is -2.12. The lowest BCUT2D eigenvalue weighted by molar-refractivity contribution is -0.122. The number of rotatable bonds is 5. The maximum atomic E-state index is 11.6. The van der Waals surface area contributed by atoms with Gasteiger partial charge in [-0.1, -0.05) is 43.3 Å². The van der Waals surface area contributed by atoms with Gasteiger partial charge in [-0.2, -0.15) is 0 Å². The molecule has 1 aliphatic carbocycles. The lowest BCUT2D eigenvalue weighted by atomic mass is 10.00. The third-order valence-electron chi connectivity index (χ3n) is 4.39. The predicted molar refractivity (Wildman–Crippen MR) is 83.7 cm³/mol. The Morgan fingerprint density at radius 1 is 1.18 bits per heavy atom. The van der Waals surface area contributed by atoms with Crippen LogP contribution in [0.2, 0.25) is 0 Å². The van der Waals surface area contributed by atoms with Gasteiger partial charge in [-0.05, 0) is 42.5 Å². The molecule has 2 atom stereocenters. The van der Waals surface area contributed by atoms with Crippen molar-refractivity contribution in [2.75, 3.05) is 0 Å². The molecule has 1 fully saturated rings. The second kappa shape index (κ2) is 5.72. The van der Waals surface area contributed by atoms with Crippen LogP contribution in [0, 0.1) is 16.2 Å². The normalized spacial score (nSPS) is 22.9. The van der Waals surface area contributed by atoms with Gasteiger partial charge in [0.15, 0.2) is 0 Å². The van der Waals surface area contributed by atoms with Gasteiger partial charge in [0, 0.05) is 5.18 Å². The van der Waals surface area contributed by atoms with Gasteiger partial charge in [-0.3, -0.25) is 4.79 Å². The fraction of sp³-hybridized carbons (Fsp3) is 0.278. The highest BCUT2D eigenvalue weighted by molar-refractivity contribution is 5.86. The molecule has 0 bridgehead atoms. The summed E-state index contributed by atoms with van der Waals surface area (Å²) < 4.78 is 5.92. The largest absolute Gasteiger partial charge is 0.457 e. The first-order valence-electron chi connectivity index (χ1n) is 7.32. The molecule has 0 N–H and O–H groups in total. The Morgan fingerprint density at radius 2 is 1.86 bits per heavy atom. The zero-order valence-corrected chi connectivity index (χ0v) is 12.4. The second-order valence-electron chi connectivity index (χ2n) is 5.94. The molecular weight excluding hydrogens is 278 g/mol. The zero-order chi connectivity index (χ0) is 15.6. The van der Waals surface area contributed by atoms with Gasteiger partial charge in [-0.15, -0.1) is 4.91 Å². The third-order valence-corrected chi connectivity index (χ3v) is 4.39. The standard InChI is InChI=1S/C18H17NO3/c1-18(17(20)19-21)12-14(18)11-13-7-5-6-10-16(13)22-15-8-3-2-4-9-15/h2-10,14H,11-12H2,1H3. The minimum absolute atomic E-state index is 0.151. The van der Waals surface area contributed by atoms with Gasteiger partial charge in [0.05, 0.1) is 5.41 Å². The zero-order valence-electron chi connectivity index (χ0n) is 12.4. The average Bonchev–Trinajstić information content (AvgIpc) is 3.21. The second-order valence-corrected chi connectivity index (χ2v) is 5.94. The van der Waals surface area contributed by atoms with Gasteiger partial charge < -0.3 is 4.74 Å². The highest BCUT2D eigenvalue weighted by Crippen LogP contribution is 2.55. The van der Waals surface area contributed by atoms with Crippen molar-refractivity contribution in [3.63, 3.8) is 0 Å². The number of carbonyl (C=O) groups is 1. The van der Waals surface area contributed by atoms with Crippen molar-refractivity contribution >= 4 is 5.91 Å². The molecule has 2 aromatic carbocycles. The molecule has 0 radical (unpaired) electrons. The van der Waals surface area contributed by atoms with E-state index in [1.165, 1.54) is 0 Å². The van der Waals surface area contributed by atoms with Crippen molar-refractivity contribution in [3.8, 4) is 11.5 Å². The first-order chi connectivity index (χ1) is 10.6. The number of ether oxygens (including phenoxy) is 1. The number of para-hydroxylation sites is 2. The van der Waals surface area contributed by atoms with Gasteiger partial charge in [0.2, 0.25) is 0 Å². The quantitative estimate of drug-likeness (QED) is 0.771. The van der Waals surface area contributed by atoms with Crippen molar-refractivity contribution in [1.29, 1.82) is 0 Å². The molecule has 4 nitrogen and oxygen atoms in total. The first kappa shape index (κ1) is 14.4. The molecule has 112 valence electrons. The van der Waals surface area contributed by atoms with Crippen LogP contribution in [0.4, 0.5) is 0 Å². The highest BCUT2D eigenvalue weighted by atomic mass is 16.5. The molecule has 2 aromatic rings. The number of nitrogens with zero attached hydrogens (tertiary/aromatic N) is 1. The van der Waals surface area contributed by atoms with E-state index in [2.05, 4.69) is 5.18 Å². The molecule has 1 aliphatic rings. The molecule has 0 spiro atoms. The molecule has 3 rings (SSSR count). The maximum Gasteiger partial charge on any atom is 0.292 e. The number of carbonyl (C=O) groups excluding carboxylic acids is 1. The topological polar surface area (TPSA) is 55.7 Å². The summed E-state index contributed by atoms with van der Waals surface area (Å²) in [6.07, 6.45) is 1.41. The number of hydrogen-bond acceptors (Lipinski definition) is 3. The molecule has 4 heteroatoms. The lowest BCUT2D eigenvalue weighted by Gasteiger charge is -2.12. The Bertz CT molecular complexity index is 698. The van der Waals surface area contributed by atoms with Gasteiger partial charge in [-0.25, -0.2) is 0 Å². The van der Waals surface area contributed by atoms with Crippen LogP contribution in [0.1, 0.15) is 18.9 Å². The van der Waals surface area contributed by atoms with Crippen LogP contribution in [0.15, 0.2) is 59.8 Å². The van der Waals surface area contributed by atoms with E-state index in [1.54, 1.807) is 0 Å². The first-order valence-corrected chi connectivity index (χ1v) is 7.32. The Morgan fingerprint density at radius 3 is 2.59 bits per heavy atom. The van der Waals surface area contributed by atoms with Crippen molar-refractivity contribution in [1.82, 2.24) is 0 Å². The van der Waals surface area contributed by atoms with Crippen LogP contribution in [0.25, 0.3) is 0 Å². The summed E-state index contributed by atoms with van der Waals surface area (Å²) in [6.45, 7) is 1.81. The summed E-state index contributed by atoms with van der Waals surface area (Å²) in [5.74, 6) is 1.17. The van der Waals surface area contributed by atoms with E-state index < -0.39 is 11.3 Å². The van der Waals surface area contributed by atoms with Crippen LogP contribution < -0.4 is 4.74 Å². The van der Waals surface area contributed by atoms with E-state index in [4.69, 9.17) is 4.74 Å². The minimum Gasteiger partial charge on any atom is -0.457 e. The molecule has 0 aliphatic heterocycles. The minimum atomic E-state index is -0.596. The van der Waals surface area contributed by atoms with E-state index in [9.17, 15) is 9.70 Å². The number of benzene rings is 2.